The first-order chi connectivity index (χ1) is 8.07. The highest BCUT2D eigenvalue weighted by atomic mass is 16.7. The van der Waals surface area contributed by atoms with Crippen molar-refractivity contribution < 1.29 is 14.3 Å². The number of benzene rings is 1. The molecule has 3 nitrogen and oxygen atoms in total. The Kier molecular flexibility index (Phi) is 3.41. The summed E-state index contributed by atoms with van der Waals surface area (Å²) in [5, 5.41) is 0. The molecule has 1 aromatic rings. The molecule has 3 heteroatoms. The lowest BCUT2D eigenvalue weighted by Crippen LogP contribution is -2.20. The first-order valence-electron chi connectivity index (χ1n) is 5.66. The minimum absolute atomic E-state index is 0.0149. The number of hydrogen-bond acceptors (Lipinski definition) is 3. The van der Waals surface area contributed by atoms with Gasteiger partial charge in [-0.25, -0.2) is 0 Å². The van der Waals surface area contributed by atoms with Gasteiger partial charge in [0.1, 0.15) is 6.10 Å². The molecule has 1 atom stereocenters. The van der Waals surface area contributed by atoms with Gasteiger partial charge in [-0.05, 0) is 26.0 Å². The second kappa shape index (κ2) is 4.82. The van der Waals surface area contributed by atoms with Crippen LogP contribution in [0.2, 0.25) is 0 Å². The van der Waals surface area contributed by atoms with Crippen LogP contribution in [0.1, 0.15) is 24.2 Å². The molecule has 1 aliphatic rings. The minimum Gasteiger partial charge on any atom is -0.347 e. The van der Waals surface area contributed by atoms with Gasteiger partial charge in [-0.3, -0.25) is 4.79 Å². The third kappa shape index (κ3) is 3.25. The number of carbonyl (C=O) groups is 1. The molecule has 17 heavy (non-hydrogen) atoms. The SMILES string of the molecule is CC1(C)OC[C@H](/C=C/C(=O)c2ccccc2)O1. The van der Waals surface area contributed by atoms with E-state index >= 15 is 0 Å². The Morgan fingerprint density at radius 2 is 2.06 bits per heavy atom. The van der Waals surface area contributed by atoms with Crippen molar-refractivity contribution in [2.75, 3.05) is 6.61 Å². The number of ketones is 1. The maximum atomic E-state index is 11.8. The molecule has 1 heterocycles. The highest BCUT2D eigenvalue weighted by molar-refractivity contribution is 6.04. The van der Waals surface area contributed by atoms with Gasteiger partial charge in [-0.2, -0.15) is 0 Å². The molecule has 0 N–H and O–H groups in total. The van der Waals surface area contributed by atoms with E-state index in [0.29, 0.717) is 12.2 Å². The van der Waals surface area contributed by atoms with Crippen molar-refractivity contribution >= 4 is 5.78 Å². The van der Waals surface area contributed by atoms with E-state index in [9.17, 15) is 4.79 Å². The van der Waals surface area contributed by atoms with Gasteiger partial charge in [0.2, 0.25) is 0 Å². The van der Waals surface area contributed by atoms with Crippen molar-refractivity contribution in [2.24, 2.45) is 0 Å². The van der Waals surface area contributed by atoms with Gasteiger partial charge in [-0.1, -0.05) is 30.3 Å². The maximum Gasteiger partial charge on any atom is 0.185 e. The standard InChI is InChI=1S/C14H16O3/c1-14(2)16-10-12(17-14)8-9-13(15)11-6-4-3-5-7-11/h3-9,12H,10H2,1-2H3/b9-8+/t12-/m0/s1. The summed E-state index contributed by atoms with van der Waals surface area (Å²) in [6.07, 6.45) is 3.16. The van der Waals surface area contributed by atoms with Crippen molar-refractivity contribution in [1.82, 2.24) is 0 Å². The summed E-state index contributed by atoms with van der Waals surface area (Å²) in [4.78, 5) is 11.8. The van der Waals surface area contributed by atoms with Crippen molar-refractivity contribution in [2.45, 2.75) is 25.7 Å². The molecular formula is C14H16O3. The molecule has 0 unspecified atom stereocenters. The van der Waals surface area contributed by atoms with Crippen LogP contribution < -0.4 is 0 Å². The molecule has 1 aliphatic heterocycles. The third-order valence-corrected chi connectivity index (χ3v) is 2.55. The fourth-order valence-corrected chi connectivity index (χ4v) is 1.70. The van der Waals surface area contributed by atoms with E-state index in [1.54, 1.807) is 24.3 Å². The number of ether oxygens (including phenoxy) is 2. The average molecular weight is 232 g/mol. The Morgan fingerprint density at radius 3 is 2.65 bits per heavy atom. The Labute approximate surface area is 101 Å². The summed E-state index contributed by atoms with van der Waals surface area (Å²) in [5.41, 5.74) is 0.682. The van der Waals surface area contributed by atoms with E-state index < -0.39 is 5.79 Å². The van der Waals surface area contributed by atoms with E-state index in [0.717, 1.165) is 0 Å². The largest absolute Gasteiger partial charge is 0.347 e. The molecule has 0 aliphatic carbocycles. The number of allylic oxidation sites excluding steroid dienone is 1. The van der Waals surface area contributed by atoms with Crippen molar-refractivity contribution in [3.63, 3.8) is 0 Å². The summed E-state index contributed by atoms with van der Waals surface area (Å²) < 4.78 is 11.0. The molecule has 0 amide bonds. The van der Waals surface area contributed by atoms with E-state index in [-0.39, 0.29) is 11.9 Å². The Balaban J connectivity index is 1.96. The molecular weight excluding hydrogens is 216 g/mol. The van der Waals surface area contributed by atoms with Crippen LogP contribution in [0.3, 0.4) is 0 Å². The van der Waals surface area contributed by atoms with Crippen LogP contribution in [-0.4, -0.2) is 24.3 Å². The highest BCUT2D eigenvalue weighted by Gasteiger charge is 2.31. The lowest BCUT2D eigenvalue weighted by molar-refractivity contribution is -0.133. The lowest BCUT2D eigenvalue weighted by Gasteiger charge is -2.15. The number of carbonyl (C=O) groups excluding carboxylic acids is 1. The normalized spacial score (nSPS) is 23.1. The van der Waals surface area contributed by atoms with Gasteiger partial charge in [0, 0.05) is 5.56 Å². The third-order valence-electron chi connectivity index (χ3n) is 2.55. The van der Waals surface area contributed by atoms with Gasteiger partial charge in [0.05, 0.1) is 6.61 Å². The van der Waals surface area contributed by atoms with Crippen molar-refractivity contribution in [1.29, 1.82) is 0 Å². The van der Waals surface area contributed by atoms with Crippen LogP contribution in [0.5, 0.6) is 0 Å². The van der Waals surface area contributed by atoms with Crippen molar-refractivity contribution in [3.05, 3.63) is 48.0 Å². The van der Waals surface area contributed by atoms with Crippen LogP contribution in [0.25, 0.3) is 0 Å². The van der Waals surface area contributed by atoms with Gasteiger partial charge in [-0.15, -0.1) is 0 Å². The lowest BCUT2D eigenvalue weighted by atomic mass is 10.1. The van der Waals surface area contributed by atoms with Crippen LogP contribution in [-0.2, 0) is 9.47 Å². The van der Waals surface area contributed by atoms with Gasteiger partial charge in [0.25, 0.3) is 0 Å². The van der Waals surface area contributed by atoms with Crippen LogP contribution in [0, 0.1) is 0 Å². The quantitative estimate of drug-likeness (QED) is 0.593. The molecule has 0 spiro atoms. The fourth-order valence-electron chi connectivity index (χ4n) is 1.70. The Bertz CT molecular complexity index is 420. The topological polar surface area (TPSA) is 35.5 Å². The molecule has 0 bridgehead atoms. The average Bonchev–Trinajstić information content (AvgIpc) is 2.67. The fraction of sp³-hybridized carbons (Fsp3) is 0.357. The molecule has 1 saturated heterocycles. The minimum atomic E-state index is -0.551. The van der Waals surface area contributed by atoms with E-state index in [4.69, 9.17) is 9.47 Å². The number of rotatable bonds is 3. The smallest absolute Gasteiger partial charge is 0.185 e. The molecule has 0 saturated carbocycles. The van der Waals surface area contributed by atoms with E-state index in [1.807, 2.05) is 32.0 Å². The summed E-state index contributed by atoms with van der Waals surface area (Å²) in [7, 11) is 0. The van der Waals surface area contributed by atoms with Crippen molar-refractivity contribution in [3.8, 4) is 0 Å². The first-order valence-corrected chi connectivity index (χ1v) is 5.66. The van der Waals surface area contributed by atoms with Crippen LogP contribution in [0.4, 0.5) is 0 Å². The summed E-state index contributed by atoms with van der Waals surface area (Å²) >= 11 is 0. The zero-order valence-electron chi connectivity index (χ0n) is 10.1. The zero-order valence-corrected chi connectivity index (χ0v) is 10.1. The summed E-state index contributed by atoms with van der Waals surface area (Å²) in [6, 6.07) is 9.17. The summed E-state index contributed by atoms with van der Waals surface area (Å²) in [6.45, 7) is 4.21. The molecule has 1 aromatic carbocycles. The Morgan fingerprint density at radius 1 is 1.35 bits per heavy atom. The van der Waals surface area contributed by atoms with E-state index in [1.165, 1.54) is 0 Å². The number of hydrogen-bond donors (Lipinski definition) is 0. The van der Waals surface area contributed by atoms with E-state index in [2.05, 4.69) is 0 Å². The Hall–Kier alpha value is -1.45. The van der Waals surface area contributed by atoms with Gasteiger partial charge in [0.15, 0.2) is 11.6 Å². The second-order valence-electron chi connectivity index (χ2n) is 4.46. The second-order valence-corrected chi connectivity index (χ2v) is 4.46. The first kappa shape index (κ1) is 12.0. The van der Waals surface area contributed by atoms with Gasteiger partial charge >= 0.3 is 0 Å². The molecule has 1 fully saturated rings. The highest BCUT2D eigenvalue weighted by Crippen LogP contribution is 2.22. The molecule has 0 aromatic heterocycles. The predicted molar refractivity (Wildman–Crippen MR) is 64.8 cm³/mol. The molecule has 90 valence electrons. The van der Waals surface area contributed by atoms with Gasteiger partial charge < -0.3 is 9.47 Å². The predicted octanol–water partition coefficient (Wildman–Crippen LogP) is 2.58. The molecule has 2 rings (SSSR count). The monoisotopic (exact) mass is 232 g/mol. The molecule has 0 radical (unpaired) electrons. The zero-order chi connectivity index (χ0) is 12.3. The van der Waals surface area contributed by atoms with Crippen LogP contribution >= 0.6 is 0 Å². The summed E-state index contributed by atoms with van der Waals surface area (Å²) in [5.74, 6) is -0.566. The maximum absolute atomic E-state index is 11.8. The van der Waals surface area contributed by atoms with Crippen LogP contribution in [0.15, 0.2) is 42.5 Å².